The van der Waals surface area contributed by atoms with Gasteiger partial charge in [-0.2, -0.15) is 0 Å². The van der Waals surface area contributed by atoms with Crippen LogP contribution in [0.5, 0.6) is 0 Å². The summed E-state index contributed by atoms with van der Waals surface area (Å²) in [4.78, 5) is 25.7. The number of rotatable bonds is 1. The lowest BCUT2D eigenvalue weighted by Gasteiger charge is -2.64. The average molecular weight is 332 g/mol. The summed E-state index contributed by atoms with van der Waals surface area (Å²) in [6.07, 6.45) is 5.78. The molecular weight excluding hydrogens is 304 g/mol. The Morgan fingerprint density at radius 3 is 2.67 bits per heavy atom. The van der Waals surface area contributed by atoms with Crippen LogP contribution in [0.4, 0.5) is 0 Å². The van der Waals surface area contributed by atoms with Gasteiger partial charge < -0.3 is 9.47 Å². The fourth-order valence-electron chi connectivity index (χ4n) is 6.75. The van der Waals surface area contributed by atoms with Gasteiger partial charge in [-0.25, -0.2) is 0 Å². The van der Waals surface area contributed by atoms with Gasteiger partial charge in [0.1, 0.15) is 6.10 Å². The van der Waals surface area contributed by atoms with E-state index >= 15 is 0 Å². The van der Waals surface area contributed by atoms with Crippen LogP contribution in [0.3, 0.4) is 0 Å². The van der Waals surface area contributed by atoms with E-state index in [1.165, 1.54) is 12.8 Å². The zero-order valence-electron chi connectivity index (χ0n) is 15.2. The van der Waals surface area contributed by atoms with Crippen molar-refractivity contribution in [1.82, 2.24) is 0 Å². The van der Waals surface area contributed by atoms with Crippen LogP contribution < -0.4 is 0 Å². The van der Waals surface area contributed by atoms with Crippen LogP contribution >= 0.6 is 0 Å². The van der Waals surface area contributed by atoms with Gasteiger partial charge in [-0.3, -0.25) is 9.59 Å². The molecule has 3 fully saturated rings. The molecule has 0 aromatic rings. The highest BCUT2D eigenvalue weighted by molar-refractivity contribution is 5.99. The van der Waals surface area contributed by atoms with Crippen molar-refractivity contribution in [1.29, 1.82) is 0 Å². The summed E-state index contributed by atoms with van der Waals surface area (Å²) in [6.45, 7) is 6.47. The third-order valence-electron chi connectivity index (χ3n) is 7.89. The van der Waals surface area contributed by atoms with E-state index in [0.29, 0.717) is 18.1 Å². The van der Waals surface area contributed by atoms with Crippen LogP contribution in [0, 0.1) is 28.6 Å². The molecule has 4 rings (SSSR count). The molecule has 0 bridgehead atoms. The molecule has 132 valence electrons. The van der Waals surface area contributed by atoms with E-state index in [9.17, 15) is 9.59 Å². The molecule has 0 N–H and O–H groups in total. The van der Waals surface area contributed by atoms with E-state index < -0.39 is 0 Å². The number of ketones is 1. The molecule has 0 aromatic carbocycles. The lowest BCUT2D eigenvalue weighted by Crippen LogP contribution is -2.66. The summed E-state index contributed by atoms with van der Waals surface area (Å²) in [5, 5.41) is 0. The number of carbonyl (C=O) groups excluding carboxylic acids is 2. The predicted octanol–water partition coefficient (Wildman–Crippen LogP) is 3.64. The molecule has 0 unspecified atom stereocenters. The van der Waals surface area contributed by atoms with Crippen molar-refractivity contribution < 1.29 is 19.1 Å². The van der Waals surface area contributed by atoms with Crippen LogP contribution in [0.1, 0.15) is 59.3 Å². The average Bonchev–Trinajstić information content (AvgIpc) is 2.52. The molecule has 1 aliphatic heterocycles. The van der Waals surface area contributed by atoms with Crippen LogP contribution in [-0.4, -0.2) is 25.0 Å². The summed E-state index contributed by atoms with van der Waals surface area (Å²) >= 11 is 0. The lowest BCUT2D eigenvalue weighted by atomic mass is 9.41. The van der Waals surface area contributed by atoms with Crippen LogP contribution in [0.25, 0.3) is 0 Å². The van der Waals surface area contributed by atoms with Crippen molar-refractivity contribution >= 4 is 11.8 Å². The van der Waals surface area contributed by atoms with E-state index in [0.717, 1.165) is 24.8 Å². The standard InChI is InChI=1S/C20H28O4/c1-11-13-10-15(21)24-14-9-12-7-5-6-8-19(12,2)18(20(13,14)3)16(22)17(11)23-4/h12-14,18H,5-10H2,1-4H3/t12-,13-,14-,18+,19+,20+/m1/s1. The molecular formula is C20H28O4. The molecule has 6 atom stereocenters. The Bertz CT molecular complexity index is 636. The van der Waals surface area contributed by atoms with Gasteiger partial charge in [-0.15, -0.1) is 0 Å². The summed E-state index contributed by atoms with van der Waals surface area (Å²) < 4.78 is 11.4. The SMILES string of the molecule is COC1=C(C)[C@H]2CC(=O)O[C@@H]3C[C@H]4CCCC[C@]4(C)[C@H](C1=O)[C@@]23C. The van der Waals surface area contributed by atoms with Gasteiger partial charge in [-0.05, 0) is 43.1 Å². The molecule has 4 aliphatic rings. The van der Waals surface area contributed by atoms with Crippen molar-refractivity contribution in [2.45, 2.75) is 65.4 Å². The summed E-state index contributed by atoms with van der Waals surface area (Å²) in [5.41, 5.74) is 0.646. The molecule has 3 aliphatic carbocycles. The molecule has 4 heteroatoms. The molecule has 0 aromatic heterocycles. The van der Waals surface area contributed by atoms with Crippen LogP contribution in [-0.2, 0) is 19.1 Å². The maximum atomic E-state index is 13.5. The van der Waals surface area contributed by atoms with Crippen molar-refractivity contribution in [2.75, 3.05) is 7.11 Å². The Balaban J connectivity index is 1.92. The second-order valence-corrected chi connectivity index (χ2v) is 8.80. The minimum Gasteiger partial charge on any atom is -0.493 e. The fraction of sp³-hybridized carbons (Fsp3) is 0.800. The highest BCUT2D eigenvalue weighted by atomic mass is 16.5. The first kappa shape index (κ1) is 16.2. The molecule has 0 amide bonds. The lowest BCUT2D eigenvalue weighted by molar-refractivity contribution is -0.218. The summed E-state index contributed by atoms with van der Waals surface area (Å²) in [7, 11) is 1.58. The van der Waals surface area contributed by atoms with Gasteiger partial charge in [0.15, 0.2) is 5.76 Å². The number of esters is 1. The van der Waals surface area contributed by atoms with Crippen molar-refractivity contribution in [3.05, 3.63) is 11.3 Å². The Hall–Kier alpha value is -1.32. The largest absolute Gasteiger partial charge is 0.493 e. The van der Waals surface area contributed by atoms with Gasteiger partial charge in [0.2, 0.25) is 5.78 Å². The monoisotopic (exact) mass is 332 g/mol. The first-order valence-corrected chi connectivity index (χ1v) is 9.32. The van der Waals surface area contributed by atoms with Crippen molar-refractivity contribution in [2.24, 2.45) is 28.6 Å². The topological polar surface area (TPSA) is 52.6 Å². The molecule has 24 heavy (non-hydrogen) atoms. The molecule has 4 nitrogen and oxygen atoms in total. The predicted molar refractivity (Wildman–Crippen MR) is 89.0 cm³/mol. The Morgan fingerprint density at radius 2 is 1.96 bits per heavy atom. The van der Waals surface area contributed by atoms with Gasteiger partial charge in [0, 0.05) is 17.3 Å². The third-order valence-corrected chi connectivity index (χ3v) is 7.89. The molecule has 1 saturated heterocycles. The van der Waals surface area contributed by atoms with Gasteiger partial charge in [0.05, 0.1) is 13.5 Å². The van der Waals surface area contributed by atoms with Gasteiger partial charge >= 0.3 is 5.97 Å². The van der Waals surface area contributed by atoms with Gasteiger partial charge in [-0.1, -0.05) is 26.7 Å². The highest BCUT2D eigenvalue weighted by Gasteiger charge is 2.68. The second kappa shape index (κ2) is 5.09. The number of allylic oxidation sites excluding steroid dienone is 2. The van der Waals surface area contributed by atoms with Crippen LogP contribution in [0.15, 0.2) is 11.3 Å². The highest BCUT2D eigenvalue weighted by Crippen LogP contribution is 2.67. The number of hydrogen-bond acceptors (Lipinski definition) is 4. The Labute approximate surface area is 144 Å². The van der Waals surface area contributed by atoms with Crippen molar-refractivity contribution in [3.8, 4) is 0 Å². The van der Waals surface area contributed by atoms with Crippen LogP contribution in [0.2, 0.25) is 0 Å². The number of fused-ring (bicyclic) bond motifs is 2. The Kier molecular flexibility index (Phi) is 3.43. The van der Waals surface area contributed by atoms with E-state index in [2.05, 4.69) is 13.8 Å². The number of hydrogen-bond donors (Lipinski definition) is 0. The maximum Gasteiger partial charge on any atom is 0.306 e. The fourth-order valence-corrected chi connectivity index (χ4v) is 6.75. The van der Waals surface area contributed by atoms with E-state index in [4.69, 9.17) is 9.47 Å². The van der Waals surface area contributed by atoms with E-state index in [1.807, 2.05) is 6.92 Å². The number of Topliss-reactive ketones (excluding diaryl/α,β-unsaturated/α-hetero) is 1. The minimum atomic E-state index is -0.292. The minimum absolute atomic E-state index is 0.00688. The quantitative estimate of drug-likeness (QED) is 0.688. The molecule has 2 saturated carbocycles. The molecule has 0 radical (unpaired) electrons. The van der Waals surface area contributed by atoms with Gasteiger partial charge in [0.25, 0.3) is 0 Å². The van der Waals surface area contributed by atoms with E-state index in [-0.39, 0.29) is 40.5 Å². The Morgan fingerprint density at radius 1 is 1.21 bits per heavy atom. The summed E-state index contributed by atoms with van der Waals surface area (Å²) in [5.74, 6) is 0.937. The molecule has 0 spiro atoms. The normalized spacial score (nSPS) is 47.7. The number of ether oxygens (including phenoxy) is 2. The first-order chi connectivity index (χ1) is 11.3. The third kappa shape index (κ3) is 1.80. The van der Waals surface area contributed by atoms with E-state index in [1.54, 1.807) is 7.11 Å². The number of carbonyl (C=O) groups is 2. The second-order valence-electron chi connectivity index (χ2n) is 8.80. The summed E-state index contributed by atoms with van der Waals surface area (Å²) in [6, 6.07) is 0. The molecule has 1 heterocycles. The maximum absolute atomic E-state index is 13.5. The smallest absolute Gasteiger partial charge is 0.306 e. The zero-order chi connectivity index (χ0) is 17.3. The van der Waals surface area contributed by atoms with Crippen molar-refractivity contribution in [3.63, 3.8) is 0 Å². The number of methoxy groups -OCH3 is 1. The zero-order valence-corrected chi connectivity index (χ0v) is 15.2. The first-order valence-electron chi connectivity index (χ1n) is 9.32.